The summed E-state index contributed by atoms with van der Waals surface area (Å²) in [5, 5.41) is 0. The second kappa shape index (κ2) is 8.36. The van der Waals surface area contributed by atoms with Gasteiger partial charge in [-0.3, -0.25) is 0 Å². The second-order valence-electron chi connectivity index (χ2n) is 5.31. The maximum absolute atomic E-state index is 6.07. The van der Waals surface area contributed by atoms with E-state index in [1.54, 1.807) is 0 Å². The molecular weight excluding hydrogens is 220 g/mol. The molecule has 1 aliphatic rings. The smallest absolute Gasteiger partial charge is 0.0534 e. The van der Waals surface area contributed by atoms with Crippen LogP contribution in [0.4, 0.5) is 0 Å². The fourth-order valence-electron chi connectivity index (χ4n) is 2.48. The molecule has 96 valence electrons. The molecule has 0 amide bonds. The number of unbranched alkanes of at least 4 members (excludes halogenated alkanes) is 6. The molecular formula is C14H27ClO. The standard InChI is InChI=1S/C14H27ClO/c1-2-3-4-5-6-7-8-9-14(12-15)10-11-16-13-14/h2-13H2,1H3. The highest BCUT2D eigenvalue weighted by molar-refractivity contribution is 6.18. The van der Waals surface area contributed by atoms with E-state index in [2.05, 4.69) is 6.92 Å². The Morgan fingerprint density at radius 2 is 1.75 bits per heavy atom. The summed E-state index contributed by atoms with van der Waals surface area (Å²) >= 11 is 6.07. The van der Waals surface area contributed by atoms with E-state index in [0.29, 0.717) is 5.41 Å². The summed E-state index contributed by atoms with van der Waals surface area (Å²) in [6.45, 7) is 4.08. The molecule has 0 aromatic rings. The molecule has 0 saturated carbocycles. The summed E-state index contributed by atoms with van der Waals surface area (Å²) in [4.78, 5) is 0. The van der Waals surface area contributed by atoms with Crippen molar-refractivity contribution in [3.63, 3.8) is 0 Å². The molecule has 16 heavy (non-hydrogen) atoms. The number of alkyl halides is 1. The van der Waals surface area contributed by atoms with Gasteiger partial charge in [0.05, 0.1) is 6.61 Å². The van der Waals surface area contributed by atoms with Crippen LogP contribution in [0, 0.1) is 5.41 Å². The van der Waals surface area contributed by atoms with E-state index >= 15 is 0 Å². The van der Waals surface area contributed by atoms with Crippen molar-refractivity contribution in [2.24, 2.45) is 5.41 Å². The van der Waals surface area contributed by atoms with Crippen LogP contribution in [-0.2, 0) is 4.74 Å². The van der Waals surface area contributed by atoms with Crippen molar-refractivity contribution in [3.8, 4) is 0 Å². The molecule has 0 aromatic carbocycles. The molecule has 1 nitrogen and oxygen atoms in total. The van der Waals surface area contributed by atoms with Crippen LogP contribution in [0.2, 0.25) is 0 Å². The fraction of sp³-hybridized carbons (Fsp3) is 1.00. The highest BCUT2D eigenvalue weighted by atomic mass is 35.5. The monoisotopic (exact) mass is 246 g/mol. The molecule has 1 aliphatic heterocycles. The fourth-order valence-corrected chi connectivity index (χ4v) is 2.82. The zero-order chi connectivity index (χ0) is 11.7. The lowest BCUT2D eigenvalue weighted by molar-refractivity contribution is 0.155. The molecule has 2 heteroatoms. The molecule has 1 atom stereocenters. The molecule has 1 saturated heterocycles. The normalized spacial score (nSPS) is 25.1. The van der Waals surface area contributed by atoms with Gasteiger partial charge in [-0.1, -0.05) is 51.9 Å². The van der Waals surface area contributed by atoms with Gasteiger partial charge in [0.25, 0.3) is 0 Å². The van der Waals surface area contributed by atoms with Crippen molar-refractivity contribution in [1.82, 2.24) is 0 Å². The lowest BCUT2D eigenvalue weighted by Gasteiger charge is -2.24. The Morgan fingerprint density at radius 3 is 2.31 bits per heavy atom. The maximum atomic E-state index is 6.07. The zero-order valence-corrected chi connectivity index (χ0v) is 11.5. The average Bonchev–Trinajstić information content (AvgIpc) is 2.77. The largest absolute Gasteiger partial charge is 0.381 e. The van der Waals surface area contributed by atoms with Crippen LogP contribution in [0.15, 0.2) is 0 Å². The molecule has 0 aliphatic carbocycles. The van der Waals surface area contributed by atoms with E-state index in [9.17, 15) is 0 Å². The van der Waals surface area contributed by atoms with E-state index < -0.39 is 0 Å². The Kier molecular flexibility index (Phi) is 7.47. The van der Waals surface area contributed by atoms with Gasteiger partial charge in [0, 0.05) is 17.9 Å². The Balaban J connectivity index is 1.97. The van der Waals surface area contributed by atoms with Crippen molar-refractivity contribution in [1.29, 1.82) is 0 Å². The minimum Gasteiger partial charge on any atom is -0.381 e. The molecule has 0 aromatic heterocycles. The molecule has 0 bridgehead atoms. The molecule has 0 N–H and O–H groups in total. The molecule has 1 rings (SSSR count). The van der Waals surface area contributed by atoms with Crippen LogP contribution in [0.25, 0.3) is 0 Å². The quantitative estimate of drug-likeness (QED) is 0.421. The van der Waals surface area contributed by atoms with Crippen LogP contribution in [0.5, 0.6) is 0 Å². The van der Waals surface area contributed by atoms with Crippen molar-refractivity contribution in [3.05, 3.63) is 0 Å². The molecule has 0 radical (unpaired) electrons. The Morgan fingerprint density at radius 1 is 1.06 bits per heavy atom. The van der Waals surface area contributed by atoms with Gasteiger partial charge in [-0.25, -0.2) is 0 Å². The van der Waals surface area contributed by atoms with Crippen molar-refractivity contribution < 1.29 is 4.74 Å². The third-order valence-corrected chi connectivity index (χ3v) is 4.35. The predicted molar refractivity (Wildman–Crippen MR) is 71.2 cm³/mol. The highest BCUT2D eigenvalue weighted by Gasteiger charge is 2.33. The SMILES string of the molecule is CCCCCCCCCC1(CCl)CCOC1. The summed E-state index contributed by atoms with van der Waals surface area (Å²) in [5.74, 6) is 0.781. The summed E-state index contributed by atoms with van der Waals surface area (Å²) in [5.41, 5.74) is 0.324. The van der Waals surface area contributed by atoms with Crippen molar-refractivity contribution in [2.45, 2.75) is 64.7 Å². The highest BCUT2D eigenvalue weighted by Crippen LogP contribution is 2.35. The van der Waals surface area contributed by atoms with Gasteiger partial charge >= 0.3 is 0 Å². The minimum absolute atomic E-state index is 0.324. The lowest BCUT2D eigenvalue weighted by Crippen LogP contribution is -2.22. The summed E-state index contributed by atoms with van der Waals surface area (Å²) in [6.07, 6.45) is 12.1. The first-order chi connectivity index (χ1) is 7.83. The molecule has 1 fully saturated rings. The number of hydrogen-bond donors (Lipinski definition) is 0. The minimum atomic E-state index is 0.324. The maximum Gasteiger partial charge on any atom is 0.0534 e. The zero-order valence-electron chi connectivity index (χ0n) is 10.8. The summed E-state index contributed by atoms with van der Waals surface area (Å²) < 4.78 is 5.48. The Labute approximate surface area is 106 Å². The summed E-state index contributed by atoms with van der Waals surface area (Å²) in [7, 11) is 0. The number of rotatable bonds is 9. The third-order valence-electron chi connectivity index (χ3n) is 3.78. The van der Waals surface area contributed by atoms with E-state index in [4.69, 9.17) is 16.3 Å². The van der Waals surface area contributed by atoms with E-state index in [1.807, 2.05) is 0 Å². The first-order valence-electron chi connectivity index (χ1n) is 6.97. The molecule has 0 spiro atoms. The van der Waals surface area contributed by atoms with Gasteiger partial charge in [0.1, 0.15) is 0 Å². The van der Waals surface area contributed by atoms with Crippen LogP contribution in [0.1, 0.15) is 64.7 Å². The lowest BCUT2D eigenvalue weighted by atomic mass is 9.84. The van der Waals surface area contributed by atoms with Gasteiger partial charge in [0.15, 0.2) is 0 Å². The summed E-state index contributed by atoms with van der Waals surface area (Å²) in [6, 6.07) is 0. The van der Waals surface area contributed by atoms with Crippen molar-refractivity contribution >= 4 is 11.6 Å². The van der Waals surface area contributed by atoms with Gasteiger partial charge in [-0.05, 0) is 12.8 Å². The third kappa shape index (κ3) is 5.05. The first kappa shape index (κ1) is 14.3. The average molecular weight is 247 g/mol. The van der Waals surface area contributed by atoms with Crippen molar-refractivity contribution in [2.75, 3.05) is 19.1 Å². The topological polar surface area (TPSA) is 9.23 Å². The second-order valence-corrected chi connectivity index (χ2v) is 5.57. The molecule has 1 heterocycles. The van der Waals surface area contributed by atoms with E-state index in [0.717, 1.165) is 19.1 Å². The van der Waals surface area contributed by atoms with E-state index in [1.165, 1.54) is 57.8 Å². The van der Waals surface area contributed by atoms with E-state index in [-0.39, 0.29) is 0 Å². The van der Waals surface area contributed by atoms with Crippen LogP contribution >= 0.6 is 11.6 Å². The predicted octanol–water partition coefficient (Wildman–Crippen LogP) is 4.77. The van der Waals surface area contributed by atoms with Crippen LogP contribution < -0.4 is 0 Å². The first-order valence-corrected chi connectivity index (χ1v) is 7.50. The number of halogens is 1. The Hall–Kier alpha value is 0.250. The van der Waals surface area contributed by atoms with Crippen LogP contribution in [0.3, 0.4) is 0 Å². The number of hydrogen-bond acceptors (Lipinski definition) is 1. The van der Waals surface area contributed by atoms with Gasteiger partial charge in [-0.15, -0.1) is 11.6 Å². The van der Waals surface area contributed by atoms with Gasteiger partial charge < -0.3 is 4.74 Å². The van der Waals surface area contributed by atoms with Gasteiger partial charge in [-0.2, -0.15) is 0 Å². The number of ether oxygens (including phenoxy) is 1. The van der Waals surface area contributed by atoms with Crippen LogP contribution in [-0.4, -0.2) is 19.1 Å². The molecule has 1 unspecified atom stereocenters. The Bertz CT molecular complexity index is 164. The van der Waals surface area contributed by atoms with Gasteiger partial charge in [0.2, 0.25) is 0 Å².